The molecule has 0 heterocycles. The molecule has 0 fully saturated rings. The van der Waals surface area contributed by atoms with Crippen molar-refractivity contribution in [3.63, 3.8) is 0 Å². The van der Waals surface area contributed by atoms with Crippen LogP contribution in [-0.2, 0) is 16.0 Å². The van der Waals surface area contributed by atoms with E-state index in [1.165, 1.54) is 13.8 Å². The average molecular weight is 234 g/mol. The Balaban J connectivity index is 2.56. The number of amides is 2. The predicted octanol–water partition coefficient (Wildman–Crippen LogP) is 1.71. The maximum Gasteiger partial charge on any atom is 0.221 e. The first-order valence-corrected chi connectivity index (χ1v) is 5.61. The van der Waals surface area contributed by atoms with E-state index in [2.05, 4.69) is 10.6 Å². The first kappa shape index (κ1) is 13.2. The fourth-order valence-electron chi connectivity index (χ4n) is 1.68. The smallest absolute Gasteiger partial charge is 0.221 e. The zero-order valence-corrected chi connectivity index (χ0v) is 10.4. The summed E-state index contributed by atoms with van der Waals surface area (Å²) < 4.78 is 0. The van der Waals surface area contributed by atoms with E-state index in [1.807, 2.05) is 31.2 Å². The molecule has 0 aromatic heterocycles. The van der Waals surface area contributed by atoms with Crippen LogP contribution in [0, 0.1) is 0 Å². The van der Waals surface area contributed by atoms with Crippen molar-refractivity contribution in [3.8, 4) is 0 Å². The van der Waals surface area contributed by atoms with E-state index in [9.17, 15) is 9.59 Å². The van der Waals surface area contributed by atoms with Gasteiger partial charge in [-0.2, -0.15) is 0 Å². The summed E-state index contributed by atoms with van der Waals surface area (Å²) in [6.07, 6.45) is 0.778. The summed E-state index contributed by atoms with van der Waals surface area (Å²) in [6.45, 7) is 4.95. The molecular formula is C13H18N2O2. The molecule has 1 atom stereocenters. The molecule has 4 heteroatoms. The lowest BCUT2D eigenvalue weighted by molar-refractivity contribution is -0.119. The molecule has 0 saturated carbocycles. The monoisotopic (exact) mass is 234 g/mol. The summed E-state index contributed by atoms with van der Waals surface area (Å²) in [7, 11) is 0. The van der Waals surface area contributed by atoms with Crippen LogP contribution in [0.25, 0.3) is 0 Å². The number of nitrogens with one attached hydrogen (secondary N) is 2. The Kier molecular flexibility index (Phi) is 4.69. The average Bonchev–Trinajstić information content (AvgIpc) is 2.18. The molecule has 0 unspecified atom stereocenters. The molecule has 17 heavy (non-hydrogen) atoms. The second-order valence-electron chi connectivity index (χ2n) is 4.18. The summed E-state index contributed by atoms with van der Waals surface area (Å²) in [5, 5.41) is 5.54. The summed E-state index contributed by atoms with van der Waals surface area (Å²) in [6, 6.07) is 7.72. The van der Waals surface area contributed by atoms with E-state index in [1.54, 1.807) is 0 Å². The van der Waals surface area contributed by atoms with Crippen LogP contribution in [0.4, 0.5) is 5.69 Å². The zero-order valence-electron chi connectivity index (χ0n) is 10.4. The minimum Gasteiger partial charge on any atom is -0.354 e. The van der Waals surface area contributed by atoms with Crippen LogP contribution in [0.1, 0.15) is 26.3 Å². The Labute approximate surface area is 101 Å². The Bertz CT molecular complexity index is 398. The fourth-order valence-corrected chi connectivity index (χ4v) is 1.68. The van der Waals surface area contributed by atoms with Crippen LogP contribution in [-0.4, -0.2) is 17.9 Å². The van der Waals surface area contributed by atoms with Crippen molar-refractivity contribution < 1.29 is 9.59 Å². The third-order valence-corrected chi connectivity index (χ3v) is 2.27. The second-order valence-corrected chi connectivity index (χ2v) is 4.18. The molecule has 1 aromatic rings. The normalized spacial score (nSPS) is 11.7. The van der Waals surface area contributed by atoms with Crippen molar-refractivity contribution >= 4 is 17.5 Å². The molecule has 0 aliphatic heterocycles. The Morgan fingerprint density at radius 1 is 1.12 bits per heavy atom. The predicted molar refractivity (Wildman–Crippen MR) is 67.7 cm³/mol. The lowest BCUT2D eigenvalue weighted by Gasteiger charge is -2.12. The standard InChI is InChI=1S/C13H18N2O2/c1-9(14-10(2)16)8-12-4-6-13(7-5-12)15-11(3)17/h4-7,9H,8H2,1-3H3,(H,14,16)(H,15,17)/t9-/m1/s1. The van der Waals surface area contributed by atoms with Gasteiger partial charge < -0.3 is 10.6 Å². The van der Waals surface area contributed by atoms with Gasteiger partial charge in [0.2, 0.25) is 11.8 Å². The van der Waals surface area contributed by atoms with Gasteiger partial charge in [-0.3, -0.25) is 9.59 Å². The molecule has 2 amide bonds. The van der Waals surface area contributed by atoms with E-state index in [0.717, 1.165) is 17.7 Å². The molecule has 0 spiro atoms. The number of anilines is 1. The molecule has 0 radical (unpaired) electrons. The fraction of sp³-hybridized carbons (Fsp3) is 0.385. The lowest BCUT2D eigenvalue weighted by atomic mass is 10.1. The van der Waals surface area contributed by atoms with Gasteiger partial charge in [-0.05, 0) is 31.0 Å². The number of hydrogen-bond donors (Lipinski definition) is 2. The molecule has 0 aliphatic rings. The van der Waals surface area contributed by atoms with Crippen molar-refractivity contribution in [2.75, 3.05) is 5.32 Å². The van der Waals surface area contributed by atoms with E-state index in [-0.39, 0.29) is 17.9 Å². The highest BCUT2D eigenvalue weighted by molar-refractivity contribution is 5.88. The van der Waals surface area contributed by atoms with E-state index in [0.29, 0.717) is 0 Å². The summed E-state index contributed by atoms with van der Waals surface area (Å²) >= 11 is 0. The second kappa shape index (κ2) is 6.03. The number of carbonyl (C=O) groups is 2. The van der Waals surface area contributed by atoms with Crippen molar-refractivity contribution in [1.29, 1.82) is 0 Å². The van der Waals surface area contributed by atoms with Gasteiger partial charge in [-0.15, -0.1) is 0 Å². The van der Waals surface area contributed by atoms with Crippen molar-refractivity contribution in [3.05, 3.63) is 29.8 Å². The van der Waals surface area contributed by atoms with Crippen LogP contribution >= 0.6 is 0 Å². The molecule has 0 saturated heterocycles. The molecule has 0 bridgehead atoms. The van der Waals surface area contributed by atoms with Gasteiger partial charge >= 0.3 is 0 Å². The highest BCUT2D eigenvalue weighted by Crippen LogP contribution is 2.11. The van der Waals surface area contributed by atoms with E-state index >= 15 is 0 Å². The van der Waals surface area contributed by atoms with Gasteiger partial charge in [-0.25, -0.2) is 0 Å². The van der Waals surface area contributed by atoms with Crippen LogP contribution < -0.4 is 10.6 Å². The van der Waals surface area contributed by atoms with Crippen LogP contribution in [0.15, 0.2) is 24.3 Å². The number of rotatable bonds is 4. The lowest BCUT2D eigenvalue weighted by Crippen LogP contribution is -2.31. The Morgan fingerprint density at radius 3 is 2.18 bits per heavy atom. The van der Waals surface area contributed by atoms with Gasteiger partial charge in [-0.1, -0.05) is 12.1 Å². The summed E-state index contributed by atoms with van der Waals surface area (Å²) in [4.78, 5) is 21.7. The minimum absolute atomic E-state index is 0.0210. The van der Waals surface area contributed by atoms with Crippen LogP contribution in [0.3, 0.4) is 0 Å². The summed E-state index contributed by atoms with van der Waals surface area (Å²) in [5.74, 6) is -0.100. The topological polar surface area (TPSA) is 58.2 Å². The Morgan fingerprint density at radius 2 is 1.71 bits per heavy atom. The number of hydrogen-bond acceptors (Lipinski definition) is 2. The largest absolute Gasteiger partial charge is 0.354 e. The molecule has 1 aromatic carbocycles. The third kappa shape index (κ3) is 5.15. The first-order valence-electron chi connectivity index (χ1n) is 5.61. The maximum atomic E-state index is 10.9. The molecule has 0 aliphatic carbocycles. The van der Waals surface area contributed by atoms with Crippen molar-refractivity contribution in [1.82, 2.24) is 5.32 Å². The quantitative estimate of drug-likeness (QED) is 0.833. The molecular weight excluding hydrogens is 216 g/mol. The zero-order chi connectivity index (χ0) is 12.8. The van der Waals surface area contributed by atoms with Crippen molar-refractivity contribution in [2.24, 2.45) is 0 Å². The third-order valence-electron chi connectivity index (χ3n) is 2.27. The highest BCUT2D eigenvalue weighted by Gasteiger charge is 2.04. The summed E-state index contributed by atoms with van der Waals surface area (Å²) in [5.41, 5.74) is 1.91. The molecule has 2 N–H and O–H groups in total. The first-order chi connectivity index (χ1) is 7.97. The maximum absolute atomic E-state index is 10.9. The van der Waals surface area contributed by atoms with E-state index in [4.69, 9.17) is 0 Å². The molecule has 1 rings (SSSR count). The number of benzene rings is 1. The number of carbonyl (C=O) groups excluding carboxylic acids is 2. The SMILES string of the molecule is CC(=O)Nc1ccc(C[C@@H](C)NC(C)=O)cc1. The Hall–Kier alpha value is -1.84. The van der Waals surface area contributed by atoms with Crippen LogP contribution in [0.2, 0.25) is 0 Å². The van der Waals surface area contributed by atoms with Gasteiger partial charge in [0.05, 0.1) is 0 Å². The van der Waals surface area contributed by atoms with Gasteiger partial charge in [0, 0.05) is 25.6 Å². The molecule has 92 valence electrons. The van der Waals surface area contributed by atoms with Gasteiger partial charge in [0.1, 0.15) is 0 Å². The molecule has 4 nitrogen and oxygen atoms in total. The van der Waals surface area contributed by atoms with Crippen LogP contribution in [0.5, 0.6) is 0 Å². The van der Waals surface area contributed by atoms with Gasteiger partial charge in [0.25, 0.3) is 0 Å². The van der Waals surface area contributed by atoms with Gasteiger partial charge in [0.15, 0.2) is 0 Å². The highest BCUT2D eigenvalue weighted by atomic mass is 16.2. The van der Waals surface area contributed by atoms with E-state index < -0.39 is 0 Å². The van der Waals surface area contributed by atoms with Crippen molar-refractivity contribution in [2.45, 2.75) is 33.2 Å². The minimum atomic E-state index is -0.0793.